The van der Waals surface area contributed by atoms with Gasteiger partial charge in [-0.25, -0.2) is 4.79 Å². The van der Waals surface area contributed by atoms with Crippen LogP contribution in [0.3, 0.4) is 0 Å². The van der Waals surface area contributed by atoms with Gasteiger partial charge in [-0.3, -0.25) is 23.5 Å². The molecule has 1 fully saturated rings. The van der Waals surface area contributed by atoms with Gasteiger partial charge in [0.25, 0.3) is 5.56 Å². The second kappa shape index (κ2) is 9.21. The van der Waals surface area contributed by atoms with E-state index in [0.29, 0.717) is 36.8 Å². The Morgan fingerprint density at radius 1 is 1.00 bits per heavy atom. The van der Waals surface area contributed by atoms with Gasteiger partial charge in [0.05, 0.1) is 16.8 Å². The molecule has 0 aliphatic carbocycles. The third-order valence-corrected chi connectivity index (χ3v) is 5.93. The molecule has 8 heteroatoms. The van der Waals surface area contributed by atoms with E-state index in [1.807, 2.05) is 30.3 Å². The van der Waals surface area contributed by atoms with E-state index in [4.69, 9.17) is 0 Å². The number of aromatic nitrogens is 2. The van der Waals surface area contributed by atoms with E-state index in [0.717, 1.165) is 10.3 Å². The van der Waals surface area contributed by atoms with Crippen LogP contribution in [0.5, 0.6) is 0 Å². The summed E-state index contributed by atoms with van der Waals surface area (Å²) in [6.07, 6.45) is 1.41. The Balaban J connectivity index is 1.54. The van der Waals surface area contributed by atoms with Gasteiger partial charge in [-0.1, -0.05) is 30.3 Å². The van der Waals surface area contributed by atoms with Crippen LogP contribution < -0.4 is 16.6 Å². The van der Waals surface area contributed by atoms with Gasteiger partial charge in [-0.15, -0.1) is 0 Å². The van der Waals surface area contributed by atoms with Crippen LogP contribution in [-0.4, -0.2) is 38.9 Å². The molecule has 2 aromatic carbocycles. The lowest BCUT2D eigenvalue weighted by Crippen LogP contribution is -2.47. The fourth-order valence-corrected chi connectivity index (χ4v) is 4.22. The topological polar surface area (TPSA) is 93.4 Å². The summed E-state index contributed by atoms with van der Waals surface area (Å²) >= 11 is 0. The van der Waals surface area contributed by atoms with E-state index in [2.05, 4.69) is 5.32 Å². The quantitative estimate of drug-likeness (QED) is 0.665. The highest BCUT2D eigenvalue weighted by Crippen LogP contribution is 2.19. The minimum atomic E-state index is -0.500. The zero-order valence-corrected chi connectivity index (χ0v) is 18.0. The highest BCUT2D eigenvalue weighted by atomic mass is 16.2. The lowest BCUT2D eigenvalue weighted by atomic mass is 9.97. The first-order chi connectivity index (χ1) is 15.5. The van der Waals surface area contributed by atoms with E-state index in [-0.39, 0.29) is 36.4 Å². The number of piperidine rings is 1. The van der Waals surface area contributed by atoms with Crippen molar-refractivity contribution in [3.05, 3.63) is 75.4 Å². The van der Waals surface area contributed by atoms with Gasteiger partial charge < -0.3 is 10.2 Å². The molecule has 166 valence electrons. The lowest BCUT2D eigenvalue weighted by Gasteiger charge is -2.32. The Labute approximate surface area is 185 Å². The number of anilines is 1. The zero-order chi connectivity index (χ0) is 22.7. The molecule has 1 unspecified atom stereocenters. The molecule has 2 amide bonds. The van der Waals surface area contributed by atoms with E-state index < -0.39 is 5.69 Å². The van der Waals surface area contributed by atoms with Crippen LogP contribution >= 0.6 is 0 Å². The van der Waals surface area contributed by atoms with Crippen LogP contribution in [0.25, 0.3) is 10.9 Å². The highest BCUT2D eigenvalue weighted by molar-refractivity contribution is 5.93. The smallest absolute Gasteiger partial charge is 0.331 e. The number of para-hydroxylation sites is 2. The number of fused-ring (bicyclic) bond motifs is 1. The zero-order valence-electron chi connectivity index (χ0n) is 18.0. The van der Waals surface area contributed by atoms with E-state index >= 15 is 0 Å². The van der Waals surface area contributed by atoms with Crippen molar-refractivity contribution in [2.45, 2.75) is 32.9 Å². The molecule has 1 aliphatic heterocycles. The first-order valence-corrected chi connectivity index (χ1v) is 10.9. The monoisotopic (exact) mass is 434 g/mol. The number of benzene rings is 2. The molecule has 8 nitrogen and oxygen atoms in total. The number of rotatable bonds is 5. The van der Waals surface area contributed by atoms with E-state index in [1.165, 1.54) is 4.57 Å². The minimum Gasteiger partial charge on any atom is -0.340 e. The summed E-state index contributed by atoms with van der Waals surface area (Å²) in [4.78, 5) is 53.0. The molecule has 1 aromatic heterocycles. The number of amides is 2. The van der Waals surface area contributed by atoms with Gasteiger partial charge in [0.2, 0.25) is 11.8 Å². The average Bonchev–Trinajstić information content (AvgIpc) is 2.82. The van der Waals surface area contributed by atoms with Crippen LogP contribution in [0.1, 0.15) is 19.8 Å². The van der Waals surface area contributed by atoms with Crippen molar-refractivity contribution in [2.75, 3.05) is 18.4 Å². The summed E-state index contributed by atoms with van der Waals surface area (Å²) in [5, 5.41) is 3.31. The van der Waals surface area contributed by atoms with Gasteiger partial charge >= 0.3 is 5.69 Å². The Morgan fingerprint density at radius 2 is 1.72 bits per heavy atom. The summed E-state index contributed by atoms with van der Waals surface area (Å²) in [5.74, 6) is -0.669. The van der Waals surface area contributed by atoms with Crippen molar-refractivity contribution < 1.29 is 9.59 Å². The third kappa shape index (κ3) is 4.21. The third-order valence-electron chi connectivity index (χ3n) is 5.93. The molecular formula is C24H26N4O4. The summed E-state index contributed by atoms with van der Waals surface area (Å²) in [6.45, 7) is 2.62. The van der Waals surface area contributed by atoms with Gasteiger partial charge in [0.1, 0.15) is 6.54 Å². The molecular weight excluding hydrogens is 408 g/mol. The van der Waals surface area contributed by atoms with Crippen molar-refractivity contribution in [3.8, 4) is 0 Å². The van der Waals surface area contributed by atoms with Gasteiger partial charge in [-0.2, -0.15) is 0 Å². The largest absolute Gasteiger partial charge is 0.340 e. The molecule has 2 heterocycles. The first-order valence-electron chi connectivity index (χ1n) is 10.9. The van der Waals surface area contributed by atoms with Crippen molar-refractivity contribution in [1.29, 1.82) is 0 Å². The van der Waals surface area contributed by atoms with Crippen molar-refractivity contribution in [3.63, 3.8) is 0 Å². The molecule has 4 rings (SSSR count). The number of carbonyl (C=O) groups excluding carboxylic acids is 2. The molecule has 3 aromatic rings. The number of nitrogens with one attached hydrogen (secondary N) is 1. The highest BCUT2D eigenvalue weighted by Gasteiger charge is 2.29. The van der Waals surface area contributed by atoms with Gasteiger partial charge in [0, 0.05) is 25.3 Å². The number of hydrogen-bond acceptors (Lipinski definition) is 4. The van der Waals surface area contributed by atoms with Crippen LogP contribution in [0.15, 0.2) is 64.2 Å². The van der Waals surface area contributed by atoms with Crippen LogP contribution in [-0.2, 0) is 22.7 Å². The molecule has 0 bridgehead atoms. The number of likely N-dealkylation sites (tertiary alicyclic amines) is 1. The van der Waals surface area contributed by atoms with E-state index in [9.17, 15) is 19.2 Å². The van der Waals surface area contributed by atoms with Crippen molar-refractivity contribution in [2.24, 2.45) is 5.92 Å². The summed E-state index contributed by atoms with van der Waals surface area (Å²) in [6, 6.07) is 16.0. The Morgan fingerprint density at radius 3 is 2.47 bits per heavy atom. The second-order valence-electron chi connectivity index (χ2n) is 7.97. The molecule has 32 heavy (non-hydrogen) atoms. The maximum atomic E-state index is 13.1. The maximum absolute atomic E-state index is 13.1. The first kappa shape index (κ1) is 21.5. The predicted octanol–water partition coefficient (Wildman–Crippen LogP) is 2.06. The lowest BCUT2D eigenvalue weighted by molar-refractivity contribution is -0.135. The standard InChI is InChI=1S/C24H26N4O4/c1-2-27-23(31)19-12-6-7-13-20(19)28(24(27)32)16-21(29)26-14-8-9-17(15-26)22(30)25-18-10-4-3-5-11-18/h3-7,10-13,17H,2,8-9,14-16H2,1H3,(H,25,30). The average molecular weight is 434 g/mol. The normalized spacial score (nSPS) is 16.2. The fourth-order valence-electron chi connectivity index (χ4n) is 4.22. The molecule has 0 saturated carbocycles. The molecule has 1 saturated heterocycles. The predicted molar refractivity (Wildman–Crippen MR) is 123 cm³/mol. The van der Waals surface area contributed by atoms with Crippen molar-refractivity contribution in [1.82, 2.24) is 14.0 Å². The molecule has 0 spiro atoms. The summed E-state index contributed by atoms with van der Waals surface area (Å²) < 4.78 is 2.50. The Kier molecular flexibility index (Phi) is 6.20. The van der Waals surface area contributed by atoms with Crippen LogP contribution in [0.4, 0.5) is 5.69 Å². The molecule has 1 aliphatic rings. The van der Waals surface area contributed by atoms with Crippen LogP contribution in [0, 0.1) is 5.92 Å². The van der Waals surface area contributed by atoms with Crippen molar-refractivity contribution >= 4 is 28.4 Å². The minimum absolute atomic E-state index is 0.115. The van der Waals surface area contributed by atoms with E-state index in [1.54, 1.807) is 36.1 Å². The number of nitrogens with zero attached hydrogens (tertiary/aromatic N) is 3. The maximum Gasteiger partial charge on any atom is 0.331 e. The SMILES string of the molecule is CCn1c(=O)c2ccccc2n(CC(=O)N2CCCC(C(=O)Nc3ccccc3)C2)c1=O. The molecule has 0 radical (unpaired) electrons. The second-order valence-corrected chi connectivity index (χ2v) is 7.97. The summed E-state index contributed by atoms with van der Waals surface area (Å²) in [7, 11) is 0. The number of hydrogen-bond donors (Lipinski definition) is 1. The van der Waals surface area contributed by atoms with Gasteiger partial charge in [0.15, 0.2) is 0 Å². The molecule has 1 atom stereocenters. The Hall–Kier alpha value is -3.68. The van der Waals surface area contributed by atoms with Crippen LogP contribution in [0.2, 0.25) is 0 Å². The van der Waals surface area contributed by atoms with Gasteiger partial charge in [-0.05, 0) is 44.0 Å². The summed E-state index contributed by atoms with van der Waals surface area (Å²) in [5.41, 5.74) is 0.309. The fraction of sp³-hybridized carbons (Fsp3) is 0.333. The Bertz CT molecular complexity index is 1260. The molecule has 1 N–H and O–H groups in total. The number of carbonyl (C=O) groups is 2.